The molecular formula is C26H24FN9O. The van der Waals surface area contributed by atoms with Gasteiger partial charge in [0.25, 0.3) is 5.56 Å². The highest BCUT2D eigenvalue weighted by atomic mass is 19.1. The van der Waals surface area contributed by atoms with Gasteiger partial charge in [0.05, 0.1) is 17.9 Å². The van der Waals surface area contributed by atoms with Crippen molar-refractivity contribution in [3.63, 3.8) is 0 Å². The van der Waals surface area contributed by atoms with Crippen molar-refractivity contribution in [2.45, 2.75) is 25.3 Å². The van der Waals surface area contributed by atoms with Crippen LogP contribution in [-0.4, -0.2) is 50.7 Å². The van der Waals surface area contributed by atoms with E-state index in [1.807, 2.05) is 11.0 Å². The Bertz CT molecular complexity index is 1590. The Morgan fingerprint density at radius 1 is 1.16 bits per heavy atom. The number of nitrogens with one attached hydrogen (secondary N) is 2. The first-order valence-corrected chi connectivity index (χ1v) is 12.2. The Hall–Kier alpha value is -4.43. The van der Waals surface area contributed by atoms with Gasteiger partial charge in [-0.1, -0.05) is 0 Å². The van der Waals surface area contributed by atoms with Gasteiger partial charge in [-0.15, -0.1) is 0 Å². The molecule has 3 aromatic heterocycles. The topological polar surface area (TPSA) is 125 Å². The molecule has 1 aliphatic carbocycles. The highest BCUT2D eigenvalue weighted by Crippen LogP contribution is 2.40. The summed E-state index contributed by atoms with van der Waals surface area (Å²) in [5, 5.41) is 16.4. The van der Waals surface area contributed by atoms with Crippen molar-refractivity contribution in [2.24, 2.45) is 0 Å². The number of anilines is 3. The quantitative estimate of drug-likeness (QED) is 0.414. The average Bonchev–Trinajstić information content (AvgIpc) is 3.77. The molecule has 0 radical (unpaired) electrons. The summed E-state index contributed by atoms with van der Waals surface area (Å²) in [5.74, 6) is 0.247. The maximum Gasteiger partial charge on any atom is 0.270 e. The zero-order chi connectivity index (χ0) is 25.4. The minimum Gasteiger partial charge on any atom is -0.367 e. The van der Waals surface area contributed by atoms with E-state index in [4.69, 9.17) is 0 Å². The van der Waals surface area contributed by atoms with Crippen molar-refractivity contribution >= 4 is 28.4 Å². The molecule has 10 nitrogen and oxygen atoms in total. The highest BCUT2D eigenvalue weighted by molar-refractivity contribution is 5.77. The van der Waals surface area contributed by atoms with E-state index in [2.05, 4.69) is 30.6 Å². The Morgan fingerprint density at radius 3 is 2.76 bits per heavy atom. The van der Waals surface area contributed by atoms with Gasteiger partial charge in [-0.25, -0.2) is 19.3 Å². The molecule has 2 N–H and O–H groups in total. The van der Waals surface area contributed by atoms with Gasteiger partial charge in [-0.05, 0) is 37.1 Å². The second kappa shape index (κ2) is 9.55. The monoisotopic (exact) mass is 497 g/mol. The SMILES string of the molecule is N#Cc1cc2cnc(Nc3ccc(N4CCNCC4)c(F)c3)nc2n(Cc2cncnc2C2CC2)c1=O. The third-order valence-electron chi connectivity index (χ3n) is 6.72. The second-order valence-corrected chi connectivity index (χ2v) is 9.27. The van der Waals surface area contributed by atoms with Crippen LogP contribution in [-0.2, 0) is 6.54 Å². The number of hydrogen-bond donors (Lipinski definition) is 2. The molecule has 4 heterocycles. The van der Waals surface area contributed by atoms with Crippen molar-refractivity contribution in [1.29, 1.82) is 5.26 Å². The minimum absolute atomic E-state index is 0.00667. The number of aromatic nitrogens is 5. The number of nitriles is 1. The molecule has 6 rings (SSSR count). The van der Waals surface area contributed by atoms with Gasteiger partial charge in [0.15, 0.2) is 0 Å². The van der Waals surface area contributed by atoms with Gasteiger partial charge in [-0.2, -0.15) is 10.2 Å². The lowest BCUT2D eigenvalue weighted by molar-refractivity contribution is 0.566. The van der Waals surface area contributed by atoms with E-state index in [1.54, 1.807) is 24.5 Å². The number of piperazine rings is 1. The van der Waals surface area contributed by atoms with Crippen LogP contribution in [0.2, 0.25) is 0 Å². The van der Waals surface area contributed by atoms with Gasteiger partial charge in [0.1, 0.15) is 29.4 Å². The van der Waals surface area contributed by atoms with Gasteiger partial charge in [0.2, 0.25) is 5.95 Å². The van der Waals surface area contributed by atoms with Crippen LogP contribution in [0.15, 0.2) is 47.8 Å². The zero-order valence-electron chi connectivity index (χ0n) is 20.0. The fourth-order valence-corrected chi connectivity index (χ4v) is 4.71. The lowest BCUT2D eigenvalue weighted by Crippen LogP contribution is -2.43. The summed E-state index contributed by atoms with van der Waals surface area (Å²) < 4.78 is 16.4. The molecule has 1 saturated carbocycles. The molecule has 2 aliphatic rings. The van der Waals surface area contributed by atoms with Gasteiger partial charge in [-0.3, -0.25) is 9.36 Å². The summed E-state index contributed by atoms with van der Waals surface area (Å²) >= 11 is 0. The predicted molar refractivity (Wildman–Crippen MR) is 136 cm³/mol. The fourth-order valence-electron chi connectivity index (χ4n) is 4.71. The smallest absolute Gasteiger partial charge is 0.270 e. The molecule has 1 aromatic carbocycles. The molecule has 1 aliphatic heterocycles. The molecule has 0 amide bonds. The molecule has 37 heavy (non-hydrogen) atoms. The fraction of sp³-hybridized carbons (Fsp3) is 0.308. The lowest BCUT2D eigenvalue weighted by atomic mass is 10.1. The van der Waals surface area contributed by atoms with Crippen LogP contribution in [0, 0.1) is 17.1 Å². The minimum atomic E-state index is -0.448. The van der Waals surface area contributed by atoms with Crippen molar-refractivity contribution in [2.75, 3.05) is 36.4 Å². The molecular weight excluding hydrogens is 473 g/mol. The third-order valence-corrected chi connectivity index (χ3v) is 6.72. The number of rotatable bonds is 6. The second-order valence-electron chi connectivity index (χ2n) is 9.27. The molecule has 186 valence electrons. The molecule has 0 unspecified atom stereocenters. The molecule has 0 bridgehead atoms. The maximum atomic E-state index is 14.9. The molecule has 11 heteroatoms. The van der Waals surface area contributed by atoms with Gasteiger partial charge in [0, 0.05) is 61.1 Å². The first-order chi connectivity index (χ1) is 18.1. The van der Waals surface area contributed by atoms with Crippen molar-refractivity contribution in [3.05, 3.63) is 76.0 Å². The largest absolute Gasteiger partial charge is 0.367 e. The Labute approximate surface area is 211 Å². The first-order valence-electron chi connectivity index (χ1n) is 12.2. The molecule has 1 saturated heterocycles. The van der Waals surface area contributed by atoms with E-state index in [9.17, 15) is 14.4 Å². The van der Waals surface area contributed by atoms with E-state index in [0.29, 0.717) is 28.3 Å². The van der Waals surface area contributed by atoms with Crippen LogP contribution in [0.25, 0.3) is 11.0 Å². The number of halogens is 1. The molecule has 4 aromatic rings. The standard InChI is InChI=1S/C26H24FN9O/c27-21-10-20(3-4-22(21)35-7-5-29-6-8-35)33-26-31-13-18-9-17(11-28)25(37)36(24(18)34-26)14-19-12-30-15-32-23(19)16-1-2-16/h3-4,9-10,12-13,15-16,29H,1-2,5-8,14H2,(H,31,33,34). The molecule has 0 atom stereocenters. The first kappa shape index (κ1) is 23.0. The summed E-state index contributed by atoms with van der Waals surface area (Å²) in [6, 6.07) is 8.40. The van der Waals surface area contributed by atoms with E-state index in [1.165, 1.54) is 23.0 Å². The third kappa shape index (κ3) is 4.59. The number of benzene rings is 1. The van der Waals surface area contributed by atoms with Crippen molar-refractivity contribution in [3.8, 4) is 6.07 Å². The highest BCUT2D eigenvalue weighted by Gasteiger charge is 2.28. The Balaban J connectivity index is 1.35. The number of hydrogen-bond acceptors (Lipinski definition) is 9. The molecule has 2 fully saturated rings. The van der Waals surface area contributed by atoms with Gasteiger partial charge >= 0.3 is 0 Å². The van der Waals surface area contributed by atoms with Crippen molar-refractivity contribution < 1.29 is 4.39 Å². The molecule has 0 spiro atoms. The van der Waals surface area contributed by atoms with Crippen LogP contribution in [0.5, 0.6) is 0 Å². The summed E-state index contributed by atoms with van der Waals surface area (Å²) in [7, 11) is 0. The zero-order valence-corrected chi connectivity index (χ0v) is 20.0. The summed E-state index contributed by atoms with van der Waals surface area (Å²) in [5.41, 5.74) is 2.72. The van der Waals surface area contributed by atoms with Crippen molar-refractivity contribution in [1.82, 2.24) is 29.8 Å². The van der Waals surface area contributed by atoms with E-state index in [-0.39, 0.29) is 23.9 Å². The van der Waals surface area contributed by atoms with E-state index < -0.39 is 5.56 Å². The van der Waals surface area contributed by atoms with Crippen LogP contribution >= 0.6 is 0 Å². The number of fused-ring (bicyclic) bond motifs is 1. The summed E-state index contributed by atoms with van der Waals surface area (Å²) in [4.78, 5) is 32.7. The average molecular weight is 498 g/mol. The van der Waals surface area contributed by atoms with E-state index in [0.717, 1.165) is 50.3 Å². The van der Waals surface area contributed by atoms with Crippen LogP contribution in [0.1, 0.15) is 35.6 Å². The summed E-state index contributed by atoms with van der Waals surface area (Å²) in [6.45, 7) is 3.30. The van der Waals surface area contributed by atoms with Crippen LogP contribution < -0.4 is 21.1 Å². The van der Waals surface area contributed by atoms with E-state index >= 15 is 0 Å². The van der Waals surface area contributed by atoms with Crippen LogP contribution in [0.4, 0.5) is 21.7 Å². The Kier molecular flexibility index (Phi) is 5.94. The summed E-state index contributed by atoms with van der Waals surface area (Å²) in [6.07, 6.45) is 6.88. The maximum absolute atomic E-state index is 14.9. The normalized spacial score (nSPS) is 15.5. The number of nitrogens with zero attached hydrogens (tertiary/aromatic N) is 7. The van der Waals surface area contributed by atoms with Gasteiger partial charge < -0.3 is 15.5 Å². The lowest BCUT2D eigenvalue weighted by Gasteiger charge is -2.29. The predicted octanol–water partition coefficient (Wildman–Crippen LogP) is 2.67. The number of pyridine rings is 1. The van der Waals surface area contributed by atoms with Crippen LogP contribution in [0.3, 0.4) is 0 Å². The Morgan fingerprint density at radius 2 is 2.00 bits per heavy atom.